The molecule has 66 heavy (non-hydrogen) atoms. The lowest BCUT2D eigenvalue weighted by Gasteiger charge is -2.39. The summed E-state index contributed by atoms with van der Waals surface area (Å²) in [7, 11) is 0. The summed E-state index contributed by atoms with van der Waals surface area (Å²) in [5, 5.41) is 40.3. The molecular weight excluding hydrogens is 829 g/mol. The van der Waals surface area contributed by atoms with Crippen LogP contribution in [0.1, 0.15) is 258 Å². The minimum Gasteiger partial charge on any atom is -0.457 e. The van der Waals surface area contributed by atoms with Crippen LogP contribution in [0.5, 0.6) is 0 Å². The van der Waals surface area contributed by atoms with Crippen LogP contribution in [-0.2, 0) is 23.7 Å². The van der Waals surface area contributed by atoms with Gasteiger partial charge in [0.15, 0.2) is 6.29 Å². The Morgan fingerprint density at radius 1 is 0.485 bits per heavy atom. The Bertz CT molecular complexity index is 1110. The van der Waals surface area contributed by atoms with Crippen molar-refractivity contribution in [1.82, 2.24) is 0 Å². The van der Waals surface area contributed by atoms with E-state index in [-0.39, 0.29) is 19.2 Å². The van der Waals surface area contributed by atoms with Crippen LogP contribution in [0.2, 0.25) is 0 Å². The Hall–Kier alpha value is -1.59. The Morgan fingerprint density at radius 2 is 0.879 bits per heavy atom. The van der Waals surface area contributed by atoms with Gasteiger partial charge in [0.2, 0.25) is 0 Å². The van der Waals surface area contributed by atoms with E-state index in [2.05, 4.69) is 50.3 Å². The number of rotatable bonds is 49. The van der Waals surface area contributed by atoms with E-state index in [9.17, 15) is 25.2 Å². The van der Waals surface area contributed by atoms with E-state index in [1.807, 2.05) is 0 Å². The van der Waals surface area contributed by atoms with Gasteiger partial charge < -0.3 is 39.4 Å². The lowest BCUT2D eigenvalue weighted by atomic mass is 9.99. The number of hydrogen-bond acceptors (Lipinski definition) is 9. The van der Waals surface area contributed by atoms with Gasteiger partial charge in [-0.2, -0.15) is 0 Å². The lowest BCUT2D eigenvalue weighted by molar-refractivity contribution is -0.305. The van der Waals surface area contributed by atoms with E-state index in [4.69, 9.17) is 18.9 Å². The number of carbonyl (C=O) groups excluding carboxylic acids is 1. The van der Waals surface area contributed by atoms with Gasteiger partial charge in [0.25, 0.3) is 0 Å². The fourth-order valence-corrected chi connectivity index (χ4v) is 8.64. The van der Waals surface area contributed by atoms with Crippen LogP contribution in [-0.4, -0.2) is 89.6 Å². The fraction of sp³-hybridized carbons (Fsp3) is 0.877. The topological polar surface area (TPSA) is 135 Å². The molecule has 9 heteroatoms. The van der Waals surface area contributed by atoms with Gasteiger partial charge in [-0.3, -0.25) is 4.79 Å². The quantitative estimate of drug-likeness (QED) is 0.0267. The number of esters is 1. The van der Waals surface area contributed by atoms with Crippen LogP contribution in [0.25, 0.3) is 0 Å². The molecule has 1 rings (SSSR count). The summed E-state index contributed by atoms with van der Waals surface area (Å²) >= 11 is 0. The molecule has 0 amide bonds. The number of ether oxygens (including phenoxy) is 4. The zero-order valence-corrected chi connectivity index (χ0v) is 43.0. The summed E-state index contributed by atoms with van der Waals surface area (Å²) in [6.07, 6.45) is 53.3. The molecule has 388 valence electrons. The fourth-order valence-electron chi connectivity index (χ4n) is 8.64. The minimum absolute atomic E-state index is 0.113. The van der Waals surface area contributed by atoms with Gasteiger partial charge in [0.05, 0.1) is 19.8 Å². The summed E-state index contributed by atoms with van der Waals surface area (Å²) in [5.41, 5.74) is 0. The second-order valence-electron chi connectivity index (χ2n) is 19.4. The predicted molar refractivity (Wildman–Crippen MR) is 275 cm³/mol. The number of carbonyl (C=O) groups is 1. The van der Waals surface area contributed by atoms with Gasteiger partial charge in [-0.1, -0.05) is 217 Å². The van der Waals surface area contributed by atoms with Gasteiger partial charge in [0.1, 0.15) is 30.5 Å². The maximum absolute atomic E-state index is 12.9. The first-order valence-electron chi connectivity index (χ1n) is 28.1. The first-order valence-corrected chi connectivity index (χ1v) is 28.1. The summed E-state index contributed by atoms with van der Waals surface area (Å²) in [6, 6.07) is 0. The third kappa shape index (κ3) is 38.3. The van der Waals surface area contributed by atoms with Crippen molar-refractivity contribution >= 4 is 5.97 Å². The molecule has 1 saturated heterocycles. The second-order valence-corrected chi connectivity index (χ2v) is 19.4. The Morgan fingerprint density at radius 3 is 1.32 bits per heavy atom. The third-order valence-corrected chi connectivity index (χ3v) is 13.0. The number of unbranched alkanes of at least 4 members (excludes halogenated alkanes) is 32. The molecule has 1 aliphatic heterocycles. The Labute approximate surface area is 406 Å². The number of aliphatic hydroxyl groups is 4. The van der Waals surface area contributed by atoms with E-state index in [0.29, 0.717) is 13.0 Å². The molecule has 6 unspecified atom stereocenters. The highest BCUT2D eigenvalue weighted by atomic mass is 16.7. The van der Waals surface area contributed by atoms with Gasteiger partial charge in [-0.15, -0.1) is 0 Å². The monoisotopic (exact) mass is 935 g/mol. The molecule has 1 fully saturated rings. The predicted octanol–water partition coefficient (Wildman–Crippen LogP) is 14.3. The first-order chi connectivity index (χ1) is 32.4. The molecule has 0 spiro atoms. The van der Waals surface area contributed by atoms with Gasteiger partial charge in [-0.05, 0) is 70.6 Å². The van der Waals surface area contributed by atoms with E-state index in [1.54, 1.807) is 0 Å². The van der Waals surface area contributed by atoms with Crippen molar-refractivity contribution in [1.29, 1.82) is 0 Å². The molecule has 9 nitrogen and oxygen atoms in total. The molecule has 0 saturated carbocycles. The van der Waals surface area contributed by atoms with E-state index in [1.165, 1.54) is 199 Å². The van der Waals surface area contributed by atoms with E-state index < -0.39 is 43.4 Å². The molecule has 0 aromatic rings. The van der Waals surface area contributed by atoms with Crippen LogP contribution in [0, 0.1) is 0 Å². The zero-order valence-electron chi connectivity index (χ0n) is 43.0. The largest absolute Gasteiger partial charge is 0.457 e. The maximum Gasteiger partial charge on any atom is 0.306 e. The Balaban J connectivity index is 2.15. The summed E-state index contributed by atoms with van der Waals surface area (Å²) in [6.45, 7) is 4.58. The highest BCUT2D eigenvalue weighted by molar-refractivity contribution is 5.69. The van der Waals surface area contributed by atoms with Crippen molar-refractivity contribution in [2.75, 3.05) is 26.4 Å². The molecule has 0 aromatic carbocycles. The van der Waals surface area contributed by atoms with Crippen molar-refractivity contribution in [3.05, 3.63) is 36.5 Å². The highest BCUT2D eigenvalue weighted by Gasteiger charge is 2.44. The molecule has 1 aliphatic rings. The van der Waals surface area contributed by atoms with Crippen molar-refractivity contribution in [3.63, 3.8) is 0 Å². The smallest absolute Gasteiger partial charge is 0.306 e. The highest BCUT2D eigenvalue weighted by Crippen LogP contribution is 2.23. The lowest BCUT2D eigenvalue weighted by Crippen LogP contribution is -2.59. The number of allylic oxidation sites excluding steroid dienone is 6. The van der Waals surface area contributed by atoms with Crippen LogP contribution < -0.4 is 0 Å². The molecule has 4 N–H and O–H groups in total. The average Bonchev–Trinajstić information content (AvgIpc) is 3.32. The molecule has 0 radical (unpaired) electrons. The summed E-state index contributed by atoms with van der Waals surface area (Å²) in [4.78, 5) is 12.9. The minimum atomic E-state index is -1.54. The van der Waals surface area contributed by atoms with Crippen LogP contribution in [0.4, 0.5) is 0 Å². The molecule has 6 atom stereocenters. The summed E-state index contributed by atoms with van der Waals surface area (Å²) in [5.74, 6) is -0.312. The molecule has 0 aliphatic carbocycles. The van der Waals surface area contributed by atoms with E-state index in [0.717, 1.165) is 38.5 Å². The second kappa shape index (κ2) is 48.4. The number of aliphatic hydroxyl groups excluding tert-OH is 4. The Kier molecular flexibility index (Phi) is 45.8. The molecule has 0 aromatic heterocycles. The van der Waals surface area contributed by atoms with Crippen molar-refractivity contribution in [2.24, 2.45) is 0 Å². The third-order valence-electron chi connectivity index (χ3n) is 13.0. The molecular formula is C57H106O9. The summed E-state index contributed by atoms with van der Waals surface area (Å²) < 4.78 is 22.9. The van der Waals surface area contributed by atoms with Gasteiger partial charge in [0, 0.05) is 13.0 Å². The molecule has 1 heterocycles. The zero-order chi connectivity index (χ0) is 47.8. The van der Waals surface area contributed by atoms with Crippen molar-refractivity contribution in [2.45, 2.75) is 295 Å². The average molecular weight is 935 g/mol. The van der Waals surface area contributed by atoms with Crippen LogP contribution >= 0.6 is 0 Å². The maximum atomic E-state index is 12.9. The van der Waals surface area contributed by atoms with Gasteiger partial charge >= 0.3 is 5.97 Å². The first kappa shape index (κ1) is 62.4. The van der Waals surface area contributed by atoms with Gasteiger partial charge in [-0.25, -0.2) is 0 Å². The number of hydrogen-bond donors (Lipinski definition) is 4. The van der Waals surface area contributed by atoms with E-state index >= 15 is 0 Å². The normalized spacial score (nSPS) is 19.5. The van der Waals surface area contributed by atoms with Crippen LogP contribution in [0.15, 0.2) is 36.5 Å². The van der Waals surface area contributed by atoms with Crippen molar-refractivity contribution in [3.8, 4) is 0 Å². The SMILES string of the molecule is CCCCCCC/C=C\C/C=C\CCCCCCCCCCCCCCCC(=O)OC(COCCCCCCCCCC/C=C\CCCCCCCC)COC1OC(CO)C(O)C(O)C1O. The van der Waals surface area contributed by atoms with Crippen molar-refractivity contribution < 1.29 is 44.2 Å². The molecule has 0 bridgehead atoms. The standard InChI is InChI=1S/C57H106O9/c1-3-5-7-9-11-13-15-17-19-21-23-24-25-26-27-28-29-30-32-34-36-38-40-42-44-46-53(59)65-51(50-64-57-56(62)55(61)54(60)52(48-58)66-57)49-63-47-45-43-41-39-37-35-33-31-22-20-18-16-14-12-10-8-6-4-2/h15,17-18,20-21,23,51-52,54-58,60-62H,3-14,16,19,22,24-50H2,1-2H3/b17-15-,20-18-,23-21-. The van der Waals surface area contributed by atoms with Crippen LogP contribution in [0.3, 0.4) is 0 Å².